The molecule has 0 unspecified atom stereocenters. The van der Waals surface area contributed by atoms with Crippen LogP contribution in [-0.2, 0) is 9.59 Å². The van der Waals surface area contributed by atoms with Gasteiger partial charge in [-0.05, 0) is 48.4 Å². The molecule has 0 saturated carbocycles. The SMILES string of the molecule is CN/C(=C1/C(=O)NC(c2cccc(C)c2)=C1C=O)c1ccc(Sc2ccccc2)cc1. The molecule has 4 nitrogen and oxygen atoms in total. The summed E-state index contributed by atoms with van der Waals surface area (Å²) in [4.78, 5) is 27.2. The van der Waals surface area contributed by atoms with Gasteiger partial charge in [0.2, 0.25) is 0 Å². The first-order chi connectivity index (χ1) is 15.1. The smallest absolute Gasteiger partial charge is 0.258 e. The lowest BCUT2D eigenvalue weighted by atomic mass is 9.98. The van der Waals surface area contributed by atoms with Gasteiger partial charge in [-0.3, -0.25) is 9.59 Å². The summed E-state index contributed by atoms with van der Waals surface area (Å²) in [7, 11) is 1.76. The van der Waals surface area contributed by atoms with Gasteiger partial charge in [-0.1, -0.05) is 65.9 Å². The van der Waals surface area contributed by atoms with Crippen LogP contribution in [0.25, 0.3) is 11.4 Å². The molecule has 0 spiro atoms. The molecule has 1 amide bonds. The van der Waals surface area contributed by atoms with Gasteiger partial charge in [0, 0.05) is 16.8 Å². The van der Waals surface area contributed by atoms with Crippen molar-refractivity contribution >= 4 is 35.3 Å². The molecule has 3 aromatic carbocycles. The number of aldehydes is 1. The number of hydrogen-bond acceptors (Lipinski definition) is 4. The van der Waals surface area contributed by atoms with Crippen molar-refractivity contribution in [3.63, 3.8) is 0 Å². The Balaban J connectivity index is 1.73. The Morgan fingerprint density at radius 2 is 1.65 bits per heavy atom. The van der Waals surface area contributed by atoms with Crippen molar-refractivity contribution in [2.75, 3.05) is 7.05 Å². The van der Waals surface area contributed by atoms with E-state index >= 15 is 0 Å². The van der Waals surface area contributed by atoms with Crippen LogP contribution in [0.5, 0.6) is 0 Å². The van der Waals surface area contributed by atoms with Crippen molar-refractivity contribution in [3.8, 4) is 0 Å². The van der Waals surface area contributed by atoms with E-state index in [0.29, 0.717) is 22.5 Å². The first-order valence-electron chi connectivity index (χ1n) is 9.94. The van der Waals surface area contributed by atoms with Crippen LogP contribution in [0, 0.1) is 6.92 Å². The van der Waals surface area contributed by atoms with Gasteiger partial charge < -0.3 is 10.6 Å². The largest absolute Gasteiger partial charge is 0.387 e. The van der Waals surface area contributed by atoms with E-state index in [9.17, 15) is 9.59 Å². The zero-order valence-electron chi connectivity index (χ0n) is 17.3. The molecule has 4 rings (SSSR count). The van der Waals surface area contributed by atoms with Crippen molar-refractivity contribution in [2.45, 2.75) is 16.7 Å². The number of nitrogens with one attached hydrogen (secondary N) is 2. The Morgan fingerprint density at radius 1 is 0.935 bits per heavy atom. The van der Waals surface area contributed by atoms with Crippen LogP contribution in [0.2, 0.25) is 0 Å². The highest BCUT2D eigenvalue weighted by molar-refractivity contribution is 7.99. The molecule has 0 saturated heterocycles. The normalized spacial score (nSPS) is 15.0. The van der Waals surface area contributed by atoms with Crippen molar-refractivity contribution in [2.24, 2.45) is 0 Å². The zero-order valence-corrected chi connectivity index (χ0v) is 18.1. The average molecular weight is 427 g/mol. The highest BCUT2D eigenvalue weighted by Gasteiger charge is 2.31. The summed E-state index contributed by atoms with van der Waals surface area (Å²) < 4.78 is 0. The lowest BCUT2D eigenvalue weighted by molar-refractivity contribution is -0.116. The number of aryl methyl sites for hydroxylation is 1. The lowest BCUT2D eigenvalue weighted by Gasteiger charge is -2.12. The minimum atomic E-state index is -0.286. The topological polar surface area (TPSA) is 58.2 Å². The molecular formula is C26H22N2O2S. The fourth-order valence-electron chi connectivity index (χ4n) is 3.61. The molecule has 154 valence electrons. The van der Waals surface area contributed by atoms with E-state index in [1.54, 1.807) is 18.8 Å². The third-order valence-corrected chi connectivity index (χ3v) is 6.07. The molecule has 0 fully saturated rings. The highest BCUT2D eigenvalue weighted by Crippen LogP contribution is 2.33. The van der Waals surface area contributed by atoms with E-state index in [0.717, 1.165) is 32.8 Å². The maximum Gasteiger partial charge on any atom is 0.258 e. The van der Waals surface area contributed by atoms with Crippen LogP contribution in [-0.4, -0.2) is 19.2 Å². The van der Waals surface area contributed by atoms with E-state index < -0.39 is 0 Å². The van der Waals surface area contributed by atoms with Gasteiger partial charge in [-0.25, -0.2) is 0 Å². The van der Waals surface area contributed by atoms with E-state index in [-0.39, 0.29) is 5.91 Å². The zero-order chi connectivity index (χ0) is 21.8. The van der Waals surface area contributed by atoms with Crippen molar-refractivity contribution < 1.29 is 9.59 Å². The fourth-order valence-corrected chi connectivity index (χ4v) is 4.45. The highest BCUT2D eigenvalue weighted by atomic mass is 32.2. The van der Waals surface area contributed by atoms with Gasteiger partial charge >= 0.3 is 0 Å². The summed E-state index contributed by atoms with van der Waals surface area (Å²) in [6.45, 7) is 1.98. The third-order valence-electron chi connectivity index (χ3n) is 5.05. The van der Waals surface area contributed by atoms with Crippen LogP contribution in [0.4, 0.5) is 0 Å². The monoisotopic (exact) mass is 426 g/mol. The molecule has 1 heterocycles. The molecular weight excluding hydrogens is 404 g/mol. The summed E-state index contributed by atoms with van der Waals surface area (Å²) in [5.74, 6) is -0.286. The number of rotatable bonds is 6. The molecule has 0 aliphatic carbocycles. The lowest BCUT2D eigenvalue weighted by Crippen LogP contribution is -2.19. The minimum Gasteiger partial charge on any atom is -0.387 e. The van der Waals surface area contributed by atoms with E-state index in [1.165, 1.54) is 0 Å². The second kappa shape index (κ2) is 9.06. The molecule has 2 N–H and O–H groups in total. The quantitative estimate of drug-likeness (QED) is 0.438. The van der Waals surface area contributed by atoms with Crippen LogP contribution in [0.15, 0.2) is 99.8 Å². The van der Waals surface area contributed by atoms with E-state index in [2.05, 4.69) is 22.8 Å². The van der Waals surface area contributed by atoms with Crippen LogP contribution in [0.3, 0.4) is 0 Å². The Hall–Kier alpha value is -3.57. The maximum atomic E-state index is 12.9. The van der Waals surface area contributed by atoms with Gasteiger partial charge in [0.15, 0.2) is 6.29 Å². The number of carbonyl (C=O) groups is 2. The maximum absolute atomic E-state index is 12.9. The van der Waals surface area contributed by atoms with Gasteiger partial charge in [0.05, 0.1) is 22.5 Å². The molecule has 5 heteroatoms. The van der Waals surface area contributed by atoms with Crippen LogP contribution >= 0.6 is 11.8 Å². The Morgan fingerprint density at radius 3 is 2.29 bits per heavy atom. The second-order valence-corrected chi connectivity index (χ2v) is 8.32. The van der Waals surface area contributed by atoms with Crippen LogP contribution in [0.1, 0.15) is 16.7 Å². The molecule has 0 aromatic heterocycles. The standard InChI is InChI=1S/C26H22N2O2S/c1-17-7-6-8-19(15-17)24-22(16-29)23(26(30)28-24)25(27-2)18-11-13-21(14-12-18)31-20-9-4-3-5-10-20/h3-16,27H,1-2H3,(H,28,30)/b25-23+. The van der Waals surface area contributed by atoms with Crippen LogP contribution < -0.4 is 10.6 Å². The molecule has 0 radical (unpaired) electrons. The van der Waals surface area contributed by atoms with Gasteiger partial charge in [0.1, 0.15) is 0 Å². The van der Waals surface area contributed by atoms with Crippen molar-refractivity contribution in [1.82, 2.24) is 10.6 Å². The fraction of sp³-hybridized carbons (Fsp3) is 0.0769. The van der Waals surface area contributed by atoms with Gasteiger partial charge in [-0.2, -0.15) is 0 Å². The summed E-state index contributed by atoms with van der Waals surface area (Å²) in [5, 5.41) is 6.01. The summed E-state index contributed by atoms with van der Waals surface area (Å²) in [5.41, 5.74) is 4.61. The molecule has 0 atom stereocenters. The summed E-state index contributed by atoms with van der Waals surface area (Å²) in [6.07, 6.45) is 0.752. The molecule has 1 aliphatic rings. The Bertz CT molecular complexity index is 1200. The molecule has 3 aromatic rings. The van der Waals surface area contributed by atoms with E-state index in [4.69, 9.17) is 0 Å². The predicted octanol–water partition coefficient (Wildman–Crippen LogP) is 4.82. The van der Waals surface area contributed by atoms with Crippen molar-refractivity contribution in [1.29, 1.82) is 0 Å². The van der Waals surface area contributed by atoms with Gasteiger partial charge in [-0.15, -0.1) is 0 Å². The second-order valence-electron chi connectivity index (χ2n) is 7.17. The van der Waals surface area contributed by atoms with Gasteiger partial charge in [0.25, 0.3) is 5.91 Å². The number of carbonyl (C=O) groups excluding carboxylic acids is 2. The Kier molecular flexibility index (Phi) is 6.05. The summed E-state index contributed by atoms with van der Waals surface area (Å²) >= 11 is 1.67. The molecule has 1 aliphatic heterocycles. The Labute approximate surface area is 186 Å². The minimum absolute atomic E-state index is 0.286. The van der Waals surface area contributed by atoms with E-state index in [1.807, 2.05) is 73.7 Å². The summed E-state index contributed by atoms with van der Waals surface area (Å²) in [6, 6.07) is 25.8. The number of benzene rings is 3. The first-order valence-corrected chi connectivity index (χ1v) is 10.8. The van der Waals surface area contributed by atoms with Crippen molar-refractivity contribution in [3.05, 3.63) is 107 Å². The third kappa shape index (κ3) is 4.32. The molecule has 31 heavy (non-hydrogen) atoms. The number of amides is 1. The predicted molar refractivity (Wildman–Crippen MR) is 125 cm³/mol. The first kappa shape index (κ1) is 20.7. The average Bonchev–Trinajstić information content (AvgIpc) is 3.12. The number of hydrogen-bond donors (Lipinski definition) is 2. The molecule has 0 bridgehead atoms.